The van der Waals surface area contributed by atoms with Gasteiger partial charge in [-0.1, -0.05) is 11.6 Å². The number of aromatic nitrogens is 1. The second-order valence-electron chi connectivity index (χ2n) is 1.94. The molecule has 12 heavy (non-hydrogen) atoms. The molecule has 1 nitrogen and oxygen atoms in total. The molecule has 0 amide bonds. The Labute approximate surface area is 100 Å². The molecule has 1 aromatic rings. The smallest absolute Gasteiger partial charge is 0.229 e. The van der Waals surface area contributed by atoms with E-state index in [1.165, 1.54) is 6.07 Å². The molecule has 0 spiro atoms. The molecule has 0 unspecified atom stereocenters. The lowest BCUT2D eigenvalue weighted by Crippen LogP contribution is -1.95. The van der Waals surface area contributed by atoms with E-state index in [1.54, 1.807) is 22.6 Å². The fraction of sp³-hybridized carbons (Fsp3) is 0.167. The van der Waals surface area contributed by atoms with Crippen LogP contribution in [0.2, 0.25) is 5.15 Å². The van der Waals surface area contributed by atoms with Crippen LogP contribution in [0, 0.1) is 7.27 Å². The van der Waals surface area contributed by atoms with Gasteiger partial charge in [0.1, 0.15) is 8.85 Å². The van der Waals surface area contributed by atoms with Crippen LogP contribution in [-0.4, -0.2) is 4.98 Å². The quantitative estimate of drug-likeness (QED) is 0.501. The molecule has 0 bridgehead atoms. The number of halogens is 5. The van der Waals surface area contributed by atoms with E-state index in [4.69, 9.17) is 11.6 Å². The van der Waals surface area contributed by atoms with Gasteiger partial charge in [0.05, 0.1) is 9.13 Å². The molecule has 6 heteroatoms. The van der Waals surface area contributed by atoms with Crippen LogP contribution in [-0.2, 0) is 0 Å². The van der Waals surface area contributed by atoms with E-state index in [9.17, 15) is 8.78 Å². The number of nitrogens with zero attached hydrogens (tertiary/aromatic N) is 1. The van der Waals surface area contributed by atoms with Crippen molar-refractivity contribution in [1.82, 2.24) is 4.98 Å². The van der Waals surface area contributed by atoms with Gasteiger partial charge in [0, 0.05) is 0 Å². The molecular weight excluding hydrogens is 413 g/mol. The molecule has 1 rings (SSSR count). The molecule has 0 saturated carbocycles. The van der Waals surface area contributed by atoms with Gasteiger partial charge in [0.25, 0.3) is 6.43 Å². The Hall–Kier alpha value is 0.760. The maximum Gasteiger partial charge on any atom is 0.266 e. The van der Waals surface area contributed by atoms with Gasteiger partial charge in [-0.3, -0.25) is 0 Å². The van der Waals surface area contributed by atoms with Gasteiger partial charge in [0.15, 0.2) is 0 Å². The minimum atomic E-state index is -2.49. The van der Waals surface area contributed by atoms with Crippen molar-refractivity contribution in [3.63, 3.8) is 0 Å². The molecule has 0 radical (unpaired) electrons. The van der Waals surface area contributed by atoms with Crippen LogP contribution in [0.3, 0.4) is 0 Å². The topological polar surface area (TPSA) is 12.9 Å². The zero-order valence-electron chi connectivity index (χ0n) is 5.49. The second kappa shape index (κ2) is 4.32. The maximum atomic E-state index is 12.2. The summed E-state index contributed by atoms with van der Waals surface area (Å²) in [5, 5.41) is 0.268. The summed E-state index contributed by atoms with van der Waals surface area (Å²) in [5.74, 6) is 0. The SMILES string of the molecule is FC(F)c1cc(I)c(Cl)nc1I. The van der Waals surface area contributed by atoms with Gasteiger partial charge >= 0.3 is 0 Å². The van der Waals surface area contributed by atoms with Crippen LogP contribution in [0.4, 0.5) is 8.78 Å². The van der Waals surface area contributed by atoms with E-state index < -0.39 is 6.43 Å². The van der Waals surface area contributed by atoms with Crippen molar-refractivity contribution in [3.05, 3.63) is 24.1 Å². The zero-order chi connectivity index (χ0) is 9.30. The van der Waals surface area contributed by atoms with Gasteiger partial charge < -0.3 is 0 Å². The summed E-state index contributed by atoms with van der Waals surface area (Å²) in [5.41, 5.74) is -0.0654. The minimum Gasteiger partial charge on any atom is -0.229 e. The number of hydrogen-bond acceptors (Lipinski definition) is 1. The molecule has 66 valence electrons. The lowest BCUT2D eigenvalue weighted by molar-refractivity contribution is 0.150. The van der Waals surface area contributed by atoms with Crippen molar-refractivity contribution >= 4 is 56.8 Å². The Bertz CT molecular complexity index is 306. The first-order valence-electron chi connectivity index (χ1n) is 2.82. The Morgan fingerprint density at radius 1 is 1.42 bits per heavy atom. The molecule has 0 aromatic carbocycles. The summed E-state index contributed by atoms with van der Waals surface area (Å²) in [6.07, 6.45) is -2.49. The normalized spacial score (nSPS) is 10.8. The maximum absolute atomic E-state index is 12.2. The molecule has 0 N–H and O–H groups in total. The molecular formula is C6H2ClF2I2N. The van der Waals surface area contributed by atoms with Crippen molar-refractivity contribution in [2.75, 3.05) is 0 Å². The third kappa shape index (κ3) is 2.38. The van der Waals surface area contributed by atoms with Crippen LogP contribution >= 0.6 is 56.8 Å². The first kappa shape index (κ1) is 10.8. The summed E-state index contributed by atoms with van der Waals surface area (Å²) >= 11 is 9.23. The molecule has 0 aliphatic heterocycles. The van der Waals surface area contributed by atoms with Crippen molar-refractivity contribution in [2.45, 2.75) is 6.43 Å². The van der Waals surface area contributed by atoms with E-state index in [2.05, 4.69) is 4.98 Å². The average Bonchev–Trinajstić information content (AvgIpc) is 1.96. The highest BCUT2D eigenvalue weighted by molar-refractivity contribution is 14.1. The summed E-state index contributed by atoms with van der Waals surface area (Å²) in [7, 11) is 0. The summed E-state index contributed by atoms with van der Waals surface area (Å²) < 4.78 is 25.3. The van der Waals surface area contributed by atoms with E-state index in [0.717, 1.165) is 0 Å². The Morgan fingerprint density at radius 3 is 2.50 bits per heavy atom. The molecule has 0 aliphatic carbocycles. The predicted octanol–water partition coefficient (Wildman–Crippen LogP) is 3.88. The zero-order valence-corrected chi connectivity index (χ0v) is 10.6. The lowest BCUT2D eigenvalue weighted by atomic mass is 10.3. The summed E-state index contributed by atoms with van der Waals surface area (Å²) in [6, 6.07) is 1.35. The molecule has 1 aromatic heterocycles. The Kier molecular flexibility index (Phi) is 3.90. The van der Waals surface area contributed by atoms with Crippen molar-refractivity contribution in [3.8, 4) is 0 Å². The van der Waals surface area contributed by atoms with Crippen molar-refractivity contribution in [2.24, 2.45) is 0 Å². The highest BCUT2D eigenvalue weighted by Crippen LogP contribution is 2.27. The largest absolute Gasteiger partial charge is 0.266 e. The van der Waals surface area contributed by atoms with Gasteiger partial charge in [0.2, 0.25) is 0 Å². The standard InChI is InChI=1S/C6H2ClF2I2N/c7-4-3(10)1-2(5(8)9)6(11)12-4/h1,5H. The molecule has 0 fully saturated rings. The number of pyridine rings is 1. The summed E-state index contributed by atoms with van der Waals surface area (Å²) in [6.45, 7) is 0. The fourth-order valence-electron chi connectivity index (χ4n) is 0.613. The van der Waals surface area contributed by atoms with Crippen LogP contribution < -0.4 is 0 Å². The average molecular weight is 415 g/mol. The molecule has 0 saturated heterocycles. The van der Waals surface area contributed by atoms with E-state index in [1.807, 2.05) is 22.6 Å². The predicted molar refractivity (Wildman–Crippen MR) is 59.6 cm³/mol. The summed E-state index contributed by atoms with van der Waals surface area (Å²) in [4.78, 5) is 3.76. The fourth-order valence-corrected chi connectivity index (χ4v) is 1.98. The van der Waals surface area contributed by atoms with Crippen molar-refractivity contribution < 1.29 is 8.78 Å². The van der Waals surface area contributed by atoms with Gasteiger partial charge in [-0.2, -0.15) is 0 Å². The second-order valence-corrected chi connectivity index (χ2v) is 4.48. The molecule has 0 atom stereocenters. The van der Waals surface area contributed by atoms with Crippen LogP contribution in [0.15, 0.2) is 6.07 Å². The van der Waals surface area contributed by atoms with Gasteiger partial charge in [-0.15, -0.1) is 0 Å². The minimum absolute atomic E-state index is 0.0654. The number of rotatable bonds is 1. The molecule has 0 aliphatic rings. The third-order valence-electron chi connectivity index (χ3n) is 1.15. The van der Waals surface area contributed by atoms with Crippen LogP contribution in [0.1, 0.15) is 12.0 Å². The van der Waals surface area contributed by atoms with Gasteiger partial charge in [-0.05, 0) is 51.2 Å². The molecule has 1 heterocycles. The van der Waals surface area contributed by atoms with Crippen LogP contribution in [0.5, 0.6) is 0 Å². The van der Waals surface area contributed by atoms with E-state index in [0.29, 0.717) is 3.57 Å². The number of hydrogen-bond donors (Lipinski definition) is 0. The van der Waals surface area contributed by atoms with Crippen molar-refractivity contribution in [1.29, 1.82) is 0 Å². The highest BCUT2D eigenvalue weighted by atomic mass is 127. The van der Waals surface area contributed by atoms with E-state index >= 15 is 0 Å². The number of alkyl halides is 2. The van der Waals surface area contributed by atoms with Gasteiger partial charge in [-0.25, -0.2) is 13.8 Å². The Morgan fingerprint density at radius 2 is 2.00 bits per heavy atom. The first-order chi connectivity index (χ1) is 5.52. The van der Waals surface area contributed by atoms with E-state index in [-0.39, 0.29) is 14.4 Å². The third-order valence-corrected chi connectivity index (χ3v) is 3.44. The van der Waals surface area contributed by atoms with Crippen LogP contribution in [0.25, 0.3) is 0 Å². The Balaban J connectivity index is 3.23. The lowest BCUT2D eigenvalue weighted by Gasteiger charge is -2.03. The highest BCUT2D eigenvalue weighted by Gasteiger charge is 2.14. The monoisotopic (exact) mass is 415 g/mol. The first-order valence-corrected chi connectivity index (χ1v) is 5.35.